The molecule has 2 atom stereocenters. The molecule has 0 radical (unpaired) electrons. The van der Waals surface area contributed by atoms with E-state index < -0.39 is 16.1 Å². The zero-order valence-corrected chi connectivity index (χ0v) is 18.7. The largest absolute Gasteiger partial charge is 0.481 e. The van der Waals surface area contributed by atoms with Crippen LogP contribution in [0.25, 0.3) is 0 Å². The molecule has 158 valence electrons. The molecule has 0 spiro atoms. The zero-order chi connectivity index (χ0) is 21.8. The van der Waals surface area contributed by atoms with E-state index in [9.17, 15) is 13.2 Å². The summed E-state index contributed by atoms with van der Waals surface area (Å²) in [4.78, 5) is 12.6. The SMILES string of the molecule is CCC(NC(=O)C(C)Oc1ccc(N(C)S(C)(=O)=O)cc1)c1ccc(C)c(C)c1. The molecule has 0 aliphatic carbocycles. The Bertz CT molecular complexity index is 955. The van der Waals surface area contributed by atoms with Crippen molar-refractivity contribution >= 4 is 21.6 Å². The van der Waals surface area contributed by atoms with Crippen LogP contribution in [0.1, 0.15) is 43.0 Å². The first-order valence-electron chi connectivity index (χ1n) is 9.61. The highest BCUT2D eigenvalue weighted by Gasteiger charge is 2.20. The van der Waals surface area contributed by atoms with E-state index in [0.29, 0.717) is 11.4 Å². The van der Waals surface area contributed by atoms with Gasteiger partial charge in [-0.15, -0.1) is 0 Å². The fourth-order valence-corrected chi connectivity index (χ4v) is 3.38. The van der Waals surface area contributed by atoms with Crippen LogP contribution in [0.5, 0.6) is 5.75 Å². The van der Waals surface area contributed by atoms with E-state index in [2.05, 4.69) is 31.3 Å². The van der Waals surface area contributed by atoms with Gasteiger partial charge in [-0.2, -0.15) is 0 Å². The first-order chi connectivity index (χ1) is 13.5. The van der Waals surface area contributed by atoms with Gasteiger partial charge in [0.1, 0.15) is 5.75 Å². The van der Waals surface area contributed by atoms with E-state index in [0.717, 1.165) is 18.2 Å². The minimum Gasteiger partial charge on any atom is -0.481 e. The van der Waals surface area contributed by atoms with Gasteiger partial charge in [0.05, 0.1) is 18.0 Å². The van der Waals surface area contributed by atoms with Crippen molar-refractivity contribution in [1.82, 2.24) is 5.32 Å². The summed E-state index contributed by atoms with van der Waals surface area (Å²) in [6.07, 6.45) is 1.23. The minimum absolute atomic E-state index is 0.0846. The number of ether oxygens (including phenoxy) is 1. The Morgan fingerprint density at radius 2 is 1.72 bits per heavy atom. The van der Waals surface area contributed by atoms with Gasteiger partial charge in [0, 0.05) is 7.05 Å². The van der Waals surface area contributed by atoms with Crippen LogP contribution in [0.4, 0.5) is 5.69 Å². The maximum atomic E-state index is 12.6. The monoisotopic (exact) mass is 418 g/mol. The molecule has 29 heavy (non-hydrogen) atoms. The number of anilines is 1. The lowest BCUT2D eigenvalue weighted by Crippen LogP contribution is -2.38. The summed E-state index contributed by atoms with van der Waals surface area (Å²) in [5.41, 5.74) is 4.01. The molecule has 0 aromatic heterocycles. The van der Waals surface area contributed by atoms with Gasteiger partial charge in [-0.05, 0) is 68.1 Å². The van der Waals surface area contributed by atoms with E-state index >= 15 is 0 Å². The average Bonchev–Trinajstić information content (AvgIpc) is 2.67. The van der Waals surface area contributed by atoms with Crippen LogP contribution in [0.3, 0.4) is 0 Å². The molecule has 0 aliphatic rings. The number of nitrogens with zero attached hydrogens (tertiary/aromatic N) is 1. The van der Waals surface area contributed by atoms with Crippen LogP contribution in [-0.4, -0.2) is 33.7 Å². The summed E-state index contributed by atoms with van der Waals surface area (Å²) < 4.78 is 30.1. The fourth-order valence-electron chi connectivity index (χ4n) is 2.88. The fraction of sp³-hybridized carbons (Fsp3) is 0.409. The molecule has 7 heteroatoms. The Labute approximate surface area is 173 Å². The molecule has 2 aromatic carbocycles. The second kappa shape index (κ2) is 9.31. The molecule has 2 aromatic rings. The van der Waals surface area contributed by atoms with E-state index in [1.54, 1.807) is 31.2 Å². The lowest BCUT2D eigenvalue weighted by molar-refractivity contribution is -0.128. The first-order valence-corrected chi connectivity index (χ1v) is 11.5. The highest BCUT2D eigenvalue weighted by molar-refractivity contribution is 7.92. The van der Waals surface area contributed by atoms with Crippen molar-refractivity contribution in [1.29, 1.82) is 0 Å². The molecule has 2 unspecified atom stereocenters. The van der Waals surface area contributed by atoms with E-state index in [1.165, 1.54) is 22.5 Å². The second-order valence-corrected chi connectivity index (χ2v) is 9.31. The molecular weight excluding hydrogens is 388 g/mol. The maximum absolute atomic E-state index is 12.6. The number of sulfonamides is 1. The van der Waals surface area contributed by atoms with Crippen LogP contribution in [0.2, 0.25) is 0 Å². The molecule has 0 saturated carbocycles. The number of aryl methyl sites for hydroxylation is 2. The van der Waals surface area contributed by atoms with Gasteiger partial charge in [0.25, 0.3) is 5.91 Å². The molecule has 6 nitrogen and oxygen atoms in total. The van der Waals surface area contributed by atoms with Crippen LogP contribution >= 0.6 is 0 Å². The second-order valence-electron chi connectivity index (χ2n) is 7.30. The summed E-state index contributed by atoms with van der Waals surface area (Å²) in [5.74, 6) is 0.296. The highest BCUT2D eigenvalue weighted by atomic mass is 32.2. The third-order valence-corrected chi connectivity index (χ3v) is 6.24. The molecular formula is C22H30N2O4S. The first kappa shape index (κ1) is 22.7. The van der Waals surface area contributed by atoms with Crippen LogP contribution in [0.15, 0.2) is 42.5 Å². The third kappa shape index (κ3) is 5.97. The Morgan fingerprint density at radius 1 is 1.10 bits per heavy atom. The van der Waals surface area contributed by atoms with E-state index in [4.69, 9.17) is 4.74 Å². The predicted octanol–water partition coefficient (Wildman–Crippen LogP) is 3.73. The van der Waals surface area contributed by atoms with Gasteiger partial charge < -0.3 is 10.1 Å². The minimum atomic E-state index is -3.33. The topological polar surface area (TPSA) is 75.7 Å². The standard InChI is InChI=1S/C22H30N2O4S/c1-7-21(18-9-8-15(2)16(3)14-18)23-22(25)17(4)28-20-12-10-19(11-13-20)24(5)29(6,26)27/h8-14,17,21H,7H2,1-6H3,(H,23,25). The molecule has 0 bridgehead atoms. The molecule has 0 aliphatic heterocycles. The molecule has 0 saturated heterocycles. The lowest BCUT2D eigenvalue weighted by atomic mass is 9.99. The number of rotatable bonds is 8. The zero-order valence-electron chi connectivity index (χ0n) is 17.9. The normalized spacial score (nSPS) is 13.4. The van der Waals surface area contributed by atoms with Gasteiger partial charge in [0.15, 0.2) is 6.10 Å². The molecule has 0 fully saturated rings. The number of hydrogen-bond donors (Lipinski definition) is 1. The third-order valence-electron chi connectivity index (χ3n) is 5.04. The van der Waals surface area contributed by atoms with Crippen molar-refractivity contribution < 1.29 is 17.9 Å². The summed E-state index contributed by atoms with van der Waals surface area (Å²) >= 11 is 0. The lowest BCUT2D eigenvalue weighted by Gasteiger charge is -2.22. The maximum Gasteiger partial charge on any atom is 0.261 e. The summed E-state index contributed by atoms with van der Waals surface area (Å²) in [6, 6.07) is 12.7. The number of benzene rings is 2. The molecule has 1 amide bonds. The van der Waals surface area contributed by atoms with Crippen molar-refractivity contribution in [3.63, 3.8) is 0 Å². The van der Waals surface area contributed by atoms with Gasteiger partial charge in [0.2, 0.25) is 10.0 Å². The quantitative estimate of drug-likeness (QED) is 0.709. The van der Waals surface area contributed by atoms with Crippen molar-refractivity contribution in [2.24, 2.45) is 0 Å². The smallest absolute Gasteiger partial charge is 0.261 e. The van der Waals surface area contributed by atoms with Gasteiger partial charge >= 0.3 is 0 Å². The van der Waals surface area contributed by atoms with Crippen molar-refractivity contribution in [2.75, 3.05) is 17.6 Å². The van der Waals surface area contributed by atoms with Crippen molar-refractivity contribution in [3.05, 3.63) is 59.2 Å². The van der Waals surface area contributed by atoms with Gasteiger partial charge in [-0.1, -0.05) is 25.1 Å². The number of nitrogens with one attached hydrogen (secondary N) is 1. The Kier molecular flexibility index (Phi) is 7.30. The highest BCUT2D eigenvalue weighted by Crippen LogP contribution is 2.22. The van der Waals surface area contributed by atoms with E-state index in [1.807, 2.05) is 13.0 Å². The van der Waals surface area contributed by atoms with Crippen LogP contribution in [-0.2, 0) is 14.8 Å². The number of hydrogen-bond acceptors (Lipinski definition) is 4. The molecule has 2 rings (SSSR count). The Morgan fingerprint density at radius 3 is 2.24 bits per heavy atom. The Balaban J connectivity index is 2.03. The predicted molar refractivity (Wildman–Crippen MR) is 117 cm³/mol. The van der Waals surface area contributed by atoms with Crippen molar-refractivity contribution in [2.45, 2.75) is 46.3 Å². The average molecular weight is 419 g/mol. The molecule has 1 N–H and O–H groups in total. The van der Waals surface area contributed by atoms with Crippen LogP contribution in [0, 0.1) is 13.8 Å². The van der Waals surface area contributed by atoms with E-state index in [-0.39, 0.29) is 11.9 Å². The Hall–Kier alpha value is -2.54. The summed E-state index contributed by atoms with van der Waals surface area (Å²) in [5, 5.41) is 3.05. The number of amides is 1. The number of carbonyl (C=O) groups excluding carboxylic acids is 1. The number of carbonyl (C=O) groups is 1. The molecule has 0 heterocycles. The summed E-state index contributed by atoms with van der Waals surface area (Å²) in [6.45, 7) is 7.85. The van der Waals surface area contributed by atoms with Crippen LogP contribution < -0.4 is 14.4 Å². The van der Waals surface area contributed by atoms with Gasteiger partial charge in [-0.25, -0.2) is 8.42 Å². The van der Waals surface area contributed by atoms with Crippen molar-refractivity contribution in [3.8, 4) is 5.75 Å². The summed E-state index contributed by atoms with van der Waals surface area (Å²) in [7, 11) is -1.84. The van der Waals surface area contributed by atoms with Gasteiger partial charge in [-0.3, -0.25) is 9.10 Å².